The number of carbonyl (C=O) groups is 2. The molecule has 2 aromatic rings. The van der Waals surface area contributed by atoms with E-state index in [0.29, 0.717) is 22.8 Å². The van der Waals surface area contributed by atoms with Crippen molar-refractivity contribution < 1.29 is 9.59 Å². The maximum atomic E-state index is 12.6. The Bertz CT molecular complexity index is 799. The number of halogens is 1. The number of carbonyl (C=O) groups excluding carboxylic acids is 2. The summed E-state index contributed by atoms with van der Waals surface area (Å²) < 4.78 is 1.67. The van der Waals surface area contributed by atoms with Gasteiger partial charge in [0.2, 0.25) is 0 Å². The largest absolute Gasteiger partial charge is 0.339 e. The molecule has 0 atom stereocenters. The number of anilines is 1. The third kappa shape index (κ3) is 4.54. The lowest BCUT2D eigenvalue weighted by Gasteiger charge is -2.27. The van der Waals surface area contributed by atoms with Crippen LogP contribution < -0.4 is 10.6 Å². The number of rotatable bonds is 4. The van der Waals surface area contributed by atoms with Gasteiger partial charge in [0.1, 0.15) is 0 Å². The Labute approximate surface area is 157 Å². The average Bonchev–Trinajstić information content (AvgIpc) is 3.07. The molecule has 26 heavy (non-hydrogen) atoms. The lowest BCUT2D eigenvalue weighted by atomic mass is 10.1. The summed E-state index contributed by atoms with van der Waals surface area (Å²) >= 11 is 6.17. The second kappa shape index (κ2) is 8.23. The van der Waals surface area contributed by atoms with Crippen LogP contribution in [0.3, 0.4) is 0 Å². The van der Waals surface area contributed by atoms with E-state index in [1.165, 1.54) is 0 Å². The van der Waals surface area contributed by atoms with Crippen LogP contribution in [-0.4, -0.2) is 39.7 Å². The molecule has 0 aliphatic carbocycles. The summed E-state index contributed by atoms with van der Waals surface area (Å²) in [5.41, 5.74) is 1.83. The molecule has 0 bridgehead atoms. The Morgan fingerprint density at radius 2 is 2.00 bits per heavy atom. The molecule has 1 aromatic carbocycles. The van der Waals surface area contributed by atoms with E-state index in [4.69, 9.17) is 11.6 Å². The number of likely N-dealkylation sites (tertiary alicyclic amines) is 1. The quantitative estimate of drug-likeness (QED) is 0.862. The van der Waals surface area contributed by atoms with Gasteiger partial charge in [0.05, 0.1) is 16.9 Å². The molecule has 0 saturated carbocycles. The number of piperidine rings is 1. The van der Waals surface area contributed by atoms with E-state index in [1.807, 2.05) is 18.1 Å². The summed E-state index contributed by atoms with van der Waals surface area (Å²) in [7, 11) is 1.81. The van der Waals surface area contributed by atoms with Crippen LogP contribution in [0.2, 0.25) is 5.02 Å². The number of aromatic nitrogens is 2. The van der Waals surface area contributed by atoms with Crippen LogP contribution in [-0.2, 0) is 13.6 Å². The maximum Gasteiger partial charge on any atom is 0.319 e. The summed E-state index contributed by atoms with van der Waals surface area (Å²) in [6.45, 7) is 1.90. The SMILES string of the molecule is Cn1cc(CNC(=O)Nc2cc(C(=O)N3CCCCC3)ccc2Cl)cn1. The Morgan fingerprint density at radius 1 is 1.23 bits per heavy atom. The minimum atomic E-state index is -0.390. The third-order valence-corrected chi connectivity index (χ3v) is 4.65. The summed E-state index contributed by atoms with van der Waals surface area (Å²) in [5, 5.41) is 9.88. The van der Waals surface area contributed by atoms with Crippen LogP contribution in [0.1, 0.15) is 35.2 Å². The van der Waals surface area contributed by atoms with E-state index in [9.17, 15) is 9.59 Å². The second-order valence-electron chi connectivity index (χ2n) is 6.38. The first-order chi connectivity index (χ1) is 12.5. The zero-order valence-electron chi connectivity index (χ0n) is 14.7. The summed E-state index contributed by atoms with van der Waals surface area (Å²) in [6, 6.07) is 4.56. The summed E-state index contributed by atoms with van der Waals surface area (Å²) in [5.74, 6) is -0.0276. The molecule has 1 aromatic heterocycles. The van der Waals surface area contributed by atoms with Crippen LogP contribution in [0.15, 0.2) is 30.6 Å². The normalized spacial score (nSPS) is 14.2. The second-order valence-corrected chi connectivity index (χ2v) is 6.78. The fourth-order valence-corrected chi connectivity index (χ4v) is 3.11. The molecule has 2 heterocycles. The van der Waals surface area contributed by atoms with E-state index in [0.717, 1.165) is 37.9 Å². The van der Waals surface area contributed by atoms with Gasteiger partial charge in [-0.3, -0.25) is 9.48 Å². The lowest BCUT2D eigenvalue weighted by molar-refractivity contribution is 0.0724. The summed E-state index contributed by atoms with van der Waals surface area (Å²) in [6.07, 6.45) is 6.73. The zero-order valence-corrected chi connectivity index (χ0v) is 15.4. The van der Waals surface area contributed by atoms with E-state index in [2.05, 4.69) is 15.7 Å². The standard InChI is InChI=1S/C18H22ClN5O2/c1-23-12-13(11-21-23)10-20-18(26)22-16-9-14(5-6-15(16)19)17(25)24-7-3-2-4-8-24/h5-6,9,11-12H,2-4,7-8,10H2,1H3,(H2,20,22,26). The Hall–Kier alpha value is -2.54. The first-order valence-corrected chi connectivity index (χ1v) is 9.02. The monoisotopic (exact) mass is 375 g/mol. The lowest BCUT2D eigenvalue weighted by Crippen LogP contribution is -2.35. The van der Waals surface area contributed by atoms with Gasteiger partial charge in [0, 0.05) is 44.0 Å². The predicted octanol–water partition coefficient (Wildman–Crippen LogP) is 3.02. The van der Waals surface area contributed by atoms with Crippen LogP contribution in [0.4, 0.5) is 10.5 Å². The van der Waals surface area contributed by atoms with Crippen LogP contribution in [0.25, 0.3) is 0 Å². The number of aryl methyl sites for hydroxylation is 1. The van der Waals surface area contributed by atoms with E-state index in [-0.39, 0.29) is 5.91 Å². The van der Waals surface area contributed by atoms with Gasteiger partial charge in [-0.2, -0.15) is 5.10 Å². The Balaban J connectivity index is 1.63. The molecule has 1 fully saturated rings. The zero-order chi connectivity index (χ0) is 18.5. The number of hydrogen-bond donors (Lipinski definition) is 2. The van der Waals surface area contributed by atoms with Crippen molar-refractivity contribution >= 4 is 29.2 Å². The van der Waals surface area contributed by atoms with Crippen molar-refractivity contribution in [3.05, 3.63) is 46.7 Å². The van der Waals surface area contributed by atoms with Gasteiger partial charge in [0.25, 0.3) is 5.91 Å². The van der Waals surface area contributed by atoms with Crippen LogP contribution >= 0.6 is 11.6 Å². The van der Waals surface area contributed by atoms with Gasteiger partial charge in [0.15, 0.2) is 0 Å². The van der Waals surface area contributed by atoms with Gasteiger partial charge in [-0.05, 0) is 37.5 Å². The Kier molecular flexibility index (Phi) is 5.78. The predicted molar refractivity (Wildman–Crippen MR) is 100 cm³/mol. The molecule has 7 nitrogen and oxygen atoms in total. The van der Waals surface area contributed by atoms with E-state index < -0.39 is 6.03 Å². The highest BCUT2D eigenvalue weighted by atomic mass is 35.5. The topological polar surface area (TPSA) is 79.3 Å². The van der Waals surface area contributed by atoms with Gasteiger partial charge in [-0.15, -0.1) is 0 Å². The molecular weight excluding hydrogens is 354 g/mol. The number of hydrogen-bond acceptors (Lipinski definition) is 3. The van der Waals surface area contributed by atoms with Crippen molar-refractivity contribution in [1.29, 1.82) is 0 Å². The number of benzene rings is 1. The smallest absolute Gasteiger partial charge is 0.319 e. The minimum absolute atomic E-state index is 0.0276. The molecule has 3 rings (SSSR count). The highest BCUT2D eigenvalue weighted by Gasteiger charge is 2.19. The molecule has 2 N–H and O–H groups in total. The van der Waals surface area contributed by atoms with Gasteiger partial charge < -0.3 is 15.5 Å². The highest BCUT2D eigenvalue weighted by Crippen LogP contribution is 2.24. The molecule has 1 saturated heterocycles. The highest BCUT2D eigenvalue weighted by molar-refractivity contribution is 6.33. The number of amides is 3. The molecule has 0 unspecified atom stereocenters. The van der Waals surface area contributed by atoms with Crippen molar-refractivity contribution in [2.45, 2.75) is 25.8 Å². The average molecular weight is 376 g/mol. The fraction of sp³-hybridized carbons (Fsp3) is 0.389. The summed E-state index contributed by atoms with van der Waals surface area (Å²) in [4.78, 5) is 26.6. The van der Waals surface area contributed by atoms with Crippen LogP contribution in [0.5, 0.6) is 0 Å². The molecular formula is C18H22ClN5O2. The van der Waals surface area contributed by atoms with E-state index in [1.54, 1.807) is 29.1 Å². The fourth-order valence-electron chi connectivity index (χ4n) is 2.95. The molecule has 0 spiro atoms. The molecule has 138 valence electrons. The number of urea groups is 1. The van der Waals surface area contributed by atoms with Gasteiger partial charge in [-0.1, -0.05) is 11.6 Å². The van der Waals surface area contributed by atoms with Crippen LogP contribution in [0, 0.1) is 0 Å². The van der Waals surface area contributed by atoms with Gasteiger partial charge >= 0.3 is 6.03 Å². The first kappa shape index (κ1) is 18.3. The molecule has 8 heteroatoms. The molecule has 0 radical (unpaired) electrons. The van der Waals surface area contributed by atoms with Crippen molar-refractivity contribution in [3.63, 3.8) is 0 Å². The molecule has 1 aliphatic heterocycles. The van der Waals surface area contributed by atoms with Crippen molar-refractivity contribution in [3.8, 4) is 0 Å². The first-order valence-electron chi connectivity index (χ1n) is 8.64. The van der Waals surface area contributed by atoms with Crippen molar-refractivity contribution in [1.82, 2.24) is 20.0 Å². The van der Waals surface area contributed by atoms with Gasteiger partial charge in [-0.25, -0.2) is 4.79 Å². The molecule has 1 aliphatic rings. The minimum Gasteiger partial charge on any atom is -0.339 e. The Morgan fingerprint density at radius 3 is 2.69 bits per heavy atom. The number of nitrogens with zero attached hydrogens (tertiary/aromatic N) is 3. The number of nitrogens with one attached hydrogen (secondary N) is 2. The van der Waals surface area contributed by atoms with Crippen molar-refractivity contribution in [2.24, 2.45) is 7.05 Å². The third-order valence-electron chi connectivity index (χ3n) is 4.32. The maximum absolute atomic E-state index is 12.6. The van der Waals surface area contributed by atoms with Crippen molar-refractivity contribution in [2.75, 3.05) is 18.4 Å². The van der Waals surface area contributed by atoms with E-state index >= 15 is 0 Å². The molecule has 3 amide bonds.